The molecule has 2 aliphatic heterocycles. The van der Waals surface area contributed by atoms with E-state index in [4.69, 9.17) is 0 Å². The van der Waals surface area contributed by atoms with Crippen molar-refractivity contribution in [2.24, 2.45) is 5.92 Å². The summed E-state index contributed by atoms with van der Waals surface area (Å²) >= 11 is 0. The van der Waals surface area contributed by atoms with Gasteiger partial charge in [0.05, 0.1) is 5.92 Å². The number of amides is 2. The van der Waals surface area contributed by atoms with Crippen LogP contribution in [0.15, 0.2) is 0 Å². The molecule has 3 unspecified atom stereocenters. The third-order valence-electron chi connectivity index (χ3n) is 3.93. The predicted octanol–water partition coefficient (Wildman–Crippen LogP) is -0.279. The smallest absolute Gasteiger partial charge is 0.242 e. The molecule has 0 aromatic carbocycles. The van der Waals surface area contributed by atoms with E-state index in [2.05, 4.69) is 10.6 Å². The monoisotopic (exact) mass is 239 g/mol. The maximum Gasteiger partial charge on any atom is 0.242 e. The summed E-state index contributed by atoms with van der Waals surface area (Å²) in [7, 11) is 1.63. The van der Waals surface area contributed by atoms with Crippen LogP contribution in [0.2, 0.25) is 0 Å². The number of carbonyl (C=O) groups is 2. The van der Waals surface area contributed by atoms with Gasteiger partial charge in [-0.2, -0.15) is 0 Å². The second kappa shape index (κ2) is 5.04. The first-order valence-electron chi connectivity index (χ1n) is 6.40. The van der Waals surface area contributed by atoms with E-state index in [9.17, 15) is 9.59 Å². The van der Waals surface area contributed by atoms with Gasteiger partial charge in [-0.15, -0.1) is 0 Å². The molecule has 17 heavy (non-hydrogen) atoms. The van der Waals surface area contributed by atoms with Crippen molar-refractivity contribution in [3.63, 3.8) is 0 Å². The van der Waals surface area contributed by atoms with Crippen molar-refractivity contribution in [1.82, 2.24) is 15.5 Å². The van der Waals surface area contributed by atoms with Gasteiger partial charge in [-0.1, -0.05) is 0 Å². The minimum Gasteiger partial charge on any atom is -0.357 e. The summed E-state index contributed by atoms with van der Waals surface area (Å²) in [6.45, 7) is 3.66. The minimum absolute atomic E-state index is 0.0329. The molecule has 0 radical (unpaired) electrons. The molecular formula is C12H21N3O2. The second-order valence-corrected chi connectivity index (χ2v) is 4.94. The lowest BCUT2D eigenvalue weighted by Gasteiger charge is -2.27. The van der Waals surface area contributed by atoms with Crippen molar-refractivity contribution in [3.05, 3.63) is 0 Å². The Morgan fingerprint density at radius 3 is 2.71 bits per heavy atom. The third-order valence-corrected chi connectivity index (χ3v) is 3.93. The lowest BCUT2D eigenvalue weighted by Crippen LogP contribution is -2.48. The van der Waals surface area contributed by atoms with Crippen LogP contribution < -0.4 is 10.6 Å². The zero-order valence-corrected chi connectivity index (χ0v) is 10.5. The van der Waals surface area contributed by atoms with E-state index in [-0.39, 0.29) is 29.8 Å². The molecule has 2 aliphatic rings. The number of rotatable bonds is 2. The lowest BCUT2D eigenvalue weighted by atomic mass is 10.00. The first-order valence-corrected chi connectivity index (χ1v) is 6.40. The van der Waals surface area contributed by atoms with E-state index in [1.807, 2.05) is 6.92 Å². The molecule has 2 N–H and O–H groups in total. The Morgan fingerprint density at radius 2 is 2.12 bits per heavy atom. The van der Waals surface area contributed by atoms with Crippen LogP contribution in [-0.2, 0) is 9.59 Å². The molecule has 5 nitrogen and oxygen atoms in total. The van der Waals surface area contributed by atoms with Gasteiger partial charge in [0.25, 0.3) is 0 Å². The van der Waals surface area contributed by atoms with Crippen LogP contribution >= 0.6 is 0 Å². The summed E-state index contributed by atoms with van der Waals surface area (Å²) in [4.78, 5) is 25.9. The van der Waals surface area contributed by atoms with Gasteiger partial charge in [0.15, 0.2) is 0 Å². The zero-order chi connectivity index (χ0) is 12.4. The molecule has 0 saturated carbocycles. The van der Waals surface area contributed by atoms with Gasteiger partial charge in [0.1, 0.15) is 6.04 Å². The topological polar surface area (TPSA) is 61.4 Å². The number of nitrogens with zero attached hydrogens (tertiary/aromatic N) is 1. The van der Waals surface area contributed by atoms with Gasteiger partial charge in [0.2, 0.25) is 11.8 Å². The van der Waals surface area contributed by atoms with Gasteiger partial charge in [-0.25, -0.2) is 0 Å². The Hall–Kier alpha value is -1.10. The molecule has 0 aromatic heterocycles. The predicted molar refractivity (Wildman–Crippen MR) is 64.4 cm³/mol. The Morgan fingerprint density at radius 1 is 1.35 bits per heavy atom. The average Bonchev–Trinajstić information content (AvgIpc) is 2.95. The number of likely N-dealkylation sites (tertiary alicyclic amines) is 1. The molecule has 5 heteroatoms. The van der Waals surface area contributed by atoms with Crippen LogP contribution in [0.5, 0.6) is 0 Å². The fraction of sp³-hybridized carbons (Fsp3) is 0.833. The number of likely N-dealkylation sites (N-methyl/N-ethyl adjacent to an activating group) is 1. The van der Waals surface area contributed by atoms with E-state index in [0.717, 1.165) is 32.4 Å². The summed E-state index contributed by atoms with van der Waals surface area (Å²) in [5.41, 5.74) is 0. The first-order chi connectivity index (χ1) is 8.15. The molecule has 2 amide bonds. The van der Waals surface area contributed by atoms with Gasteiger partial charge in [-0.3, -0.25) is 9.59 Å². The first kappa shape index (κ1) is 12.4. The van der Waals surface area contributed by atoms with Crippen LogP contribution in [0.3, 0.4) is 0 Å². The second-order valence-electron chi connectivity index (χ2n) is 4.94. The SMILES string of the molecule is CNC(=O)C1CCCN1C(=O)C1CCNC1C. The fourth-order valence-corrected chi connectivity index (χ4v) is 2.88. The van der Waals surface area contributed by atoms with E-state index >= 15 is 0 Å². The van der Waals surface area contributed by atoms with Gasteiger partial charge in [-0.05, 0) is 32.7 Å². The number of hydrogen-bond acceptors (Lipinski definition) is 3. The lowest BCUT2D eigenvalue weighted by molar-refractivity contribution is -0.141. The highest BCUT2D eigenvalue weighted by Gasteiger charge is 2.39. The summed E-state index contributed by atoms with van der Waals surface area (Å²) < 4.78 is 0. The molecule has 96 valence electrons. The van der Waals surface area contributed by atoms with Crippen molar-refractivity contribution < 1.29 is 9.59 Å². The van der Waals surface area contributed by atoms with Crippen LogP contribution in [0.1, 0.15) is 26.2 Å². The summed E-state index contributed by atoms with van der Waals surface area (Å²) in [5, 5.41) is 5.93. The Balaban J connectivity index is 2.05. The normalized spacial score (nSPS) is 32.8. The molecule has 3 atom stereocenters. The summed E-state index contributed by atoms with van der Waals surface area (Å²) in [6.07, 6.45) is 2.61. The summed E-state index contributed by atoms with van der Waals surface area (Å²) in [6, 6.07) is -0.0197. The van der Waals surface area contributed by atoms with Gasteiger partial charge in [0, 0.05) is 19.6 Å². The molecule has 2 rings (SSSR count). The number of hydrogen-bond donors (Lipinski definition) is 2. The quantitative estimate of drug-likeness (QED) is 0.697. The molecule has 0 bridgehead atoms. The molecule has 0 spiro atoms. The molecule has 2 saturated heterocycles. The van der Waals surface area contributed by atoms with Crippen LogP contribution in [0, 0.1) is 5.92 Å². The van der Waals surface area contributed by atoms with Crippen molar-refractivity contribution in [1.29, 1.82) is 0 Å². The Kier molecular flexibility index (Phi) is 3.66. The molecule has 2 fully saturated rings. The molecule has 0 aromatic rings. The van der Waals surface area contributed by atoms with Gasteiger partial charge < -0.3 is 15.5 Å². The number of carbonyl (C=O) groups excluding carboxylic acids is 2. The Labute approximate surface area is 102 Å². The third kappa shape index (κ3) is 2.29. The van der Waals surface area contributed by atoms with Crippen molar-refractivity contribution in [2.75, 3.05) is 20.1 Å². The number of nitrogens with one attached hydrogen (secondary N) is 2. The fourth-order valence-electron chi connectivity index (χ4n) is 2.88. The van der Waals surface area contributed by atoms with Crippen molar-refractivity contribution >= 4 is 11.8 Å². The maximum absolute atomic E-state index is 12.4. The molecule has 2 heterocycles. The van der Waals surface area contributed by atoms with E-state index in [1.54, 1.807) is 11.9 Å². The van der Waals surface area contributed by atoms with Crippen molar-refractivity contribution in [2.45, 2.75) is 38.3 Å². The highest BCUT2D eigenvalue weighted by atomic mass is 16.2. The van der Waals surface area contributed by atoms with Gasteiger partial charge >= 0.3 is 0 Å². The molecule has 0 aliphatic carbocycles. The van der Waals surface area contributed by atoms with Crippen LogP contribution in [0.4, 0.5) is 0 Å². The van der Waals surface area contributed by atoms with Crippen LogP contribution in [-0.4, -0.2) is 48.9 Å². The highest BCUT2D eigenvalue weighted by Crippen LogP contribution is 2.24. The minimum atomic E-state index is -0.250. The Bertz CT molecular complexity index is 319. The summed E-state index contributed by atoms with van der Waals surface area (Å²) in [5.74, 6) is 0.156. The average molecular weight is 239 g/mol. The zero-order valence-electron chi connectivity index (χ0n) is 10.5. The van der Waals surface area contributed by atoms with E-state index in [0.29, 0.717) is 0 Å². The molecular weight excluding hydrogens is 218 g/mol. The van der Waals surface area contributed by atoms with E-state index < -0.39 is 0 Å². The largest absolute Gasteiger partial charge is 0.357 e. The van der Waals surface area contributed by atoms with E-state index in [1.165, 1.54) is 0 Å². The highest BCUT2D eigenvalue weighted by molar-refractivity contribution is 5.89. The standard InChI is InChI=1S/C12H21N3O2/c1-8-9(5-6-14-8)12(17)15-7-3-4-10(15)11(16)13-2/h8-10,14H,3-7H2,1-2H3,(H,13,16). The van der Waals surface area contributed by atoms with Crippen molar-refractivity contribution in [3.8, 4) is 0 Å². The maximum atomic E-state index is 12.4. The van der Waals surface area contributed by atoms with Crippen LogP contribution in [0.25, 0.3) is 0 Å².